The molecule has 2 aromatic carbocycles. The molecule has 1 saturated heterocycles. The molecule has 0 aromatic heterocycles. The summed E-state index contributed by atoms with van der Waals surface area (Å²) < 4.78 is 10.1. The topological polar surface area (TPSA) is 93.1 Å². The second-order valence-corrected chi connectivity index (χ2v) is 7.45. The molecule has 2 aromatic rings. The number of carbonyl (C=O) groups excluding carboxylic acids is 3. The Morgan fingerprint density at radius 3 is 2.13 bits per heavy atom. The minimum atomic E-state index is -0.749. The first-order chi connectivity index (χ1) is 14.8. The van der Waals surface area contributed by atoms with E-state index >= 15 is 0 Å². The molecule has 0 bridgehead atoms. The lowest BCUT2D eigenvalue weighted by Gasteiger charge is -2.28. The lowest BCUT2D eigenvalue weighted by atomic mass is 9.93. The van der Waals surface area contributed by atoms with Crippen LogP contribution in [0.15, 0.2) is 54.1 Å². The number of aliphatic hydroxyl groups is 1. The summed E-state index contributed by atoms with van der Waals surface area (Å²) in [4.78, 5) is 39.1. The highest BCUT2D eigenvalue weighted by molar-refractivity contribution is 6.51. The van der Waals surface area contributed by atoms with Crippen LogP contribution in [-0.4, -0.2) is 42.5 Å². The van der Waals surface area contributed by atoms with E-state index in [0.29, 0.717) is 22.6 Å². The minimum absolute atomic E-state index is 0.0552. The molecule has 162 valence electrons. The van der Waals surface area contributed by atoms with Crippen molar-refractivity contribution in [2.45, 2.75) is 26.8 Å². The summed E-state index contributed by atoms with van der Waals surface area (Å²) in [5.74, 6) is -1.71. The molecule has 1 amide bonds. The maximum Gasteiger partial charge on any atom is 0.338 e. The van der Waals surface area contributed by atoms with E-state index in [0.717, 1.165) is 0 Å². The fraction of sp³-hybridized carbons (Fsp3) is 0.292. The van der Waals surface area contributed by atoms with Crippen LogP contribution < -0.4 is 9.64 Å². The van der Waals surface area contributed by atoms with Crippen LogP contribution in [0.4, 0.5) is 5.69 Å². The lowest BCUT2D eigenvalue weighted by molar-refractivity contribution is -0.132. The van der Waals surface area contributed by atoms with Crippen LogP contribution in [0.25, 0.3) is 5.76 Å². The predicted octanol–water partition coefficient (Wildman–Crippen LogP) is 3.78. The summed E-state index contributed by atoms with van der Waals surface area (Å²) in [6.45, 7) is 5.72. The van der Waals surface area contributed by atoms with E-state index in [1.54, 1.807) is 55.5 Å². The maximum atomic E-state index is 12.9. The smallest absolute Gasteiger partial charge is 0.338 e. The summed E-state index contributed by atoms with van der Waals surface area (Å²) in [5, 5.41) is 10.9. The van der Waals surface area contributed by atoms with Gasteiger partial charge in [-0.3, -0.25) is 14.5 Å². The summed E-state index contributed by atoms with van der Waals surface area (Å²) in [6.07, 6.45) is 0. The normalized spacial score (nSPS) is 17.8. The quantitative estimate of drug-likeness (QED) is 0.329. The Kier molecular flexibility index (Phi) is 6.44. The number of methoxy groups -OCH3 is 1. The van der Waals surface area contributed by atoms with Crippen LogP contribution in [0.1, 0.15) is 36.7 Å². The number of benzene rings is 2. The van der Waals surface area contributed by atoms with Crippen LogP contribution in [-0.2, 0) is 14.3 Å². The molecule has 3 rings (SSSR count). The van der Waals surface area contributed by atoms with E-state index in [1.165, 1.54) is 12.0 Å². The molecule has 1 atom stereocenters. The van der Waals surface area contributed by atoms with E-state index in [4.69, 9.17) is 9.47 Å². The minimum Gasteiger partial charge on any atom is -0.507 e. The number of carbonyl (C=O) groups is 3. The van der Waals surface area contributed by atoms with Gasteiger partial charge in [0, 0.05) is 11.3 Å². The molecule has 0 aliphatic carbocycles. The molecule has 7 nitrogen and oxygen atoms in total. The van der Waals surface area contributed by atoms with E-state index in [9.17, 15) is 19.5 Å². The van der Waals surface area contributed by atoms with Crippen LogP contribution in [0.3, 0.4) is 0 Å². The molecule has 0 saturated carbocycles. The number of esters is 1. The molecule has 0 radical (unpaired) electrons. The van der Waals surface area contributed by atoms with Crippen molar-refractivity contribution >= 4 is 29.1 Å². The Balaban J connectivity index is 2.03. The number of aliphatic hydroxyl groups excluding tert-OH is 1. The fourth-order valence-corrected chi connectivity index (χ4v) is 3.65. The largest absolute Gasteiger partial charge is 0.507 e. The van der Waals surface area contributed by atoms with Gasteiger partial charge in [-0.05, 0) is 61.4 Å². The fourth-order valence-electron chi connectivity index (χ4n) is 3.65. The van der Waals surface area contributed by atoms with Crippen LogP contribution >= 0.6 is 0 Å². The third-order valence-corrected chi connectivity index (χ3v) is 5.14. The van der Waals surface area contributed by atoms with Crippen molar-refractivity contribution in [3.8, 4) is 5.75 Å². The van der Waals surface area contributed by atoms with Gasteiger partial charge in [-0.15, -0.1) is 0 Å². The summed E-state index contributed by atoms with van der Waals surface area (Å²) in [5.41, 5.74) is 1.28. The van der Waals surface area contributed by atoms with Crippen molar-refractivity contribution in [1.29, 1.82) is 0 Å². The third kappa shape index (κ3) is 4.17. The van der Waals surface area contributed by atoms with Crippen LogP contribution in [0.2, 0.25) is 0 Å². The Morgan fingerprint density at radius 2 is 1.61 bits per heavy atom. The number of rotatable bonds is 6. The van der Waals surface area contributed by atoms with Gasteiger partial charge < -0.3 is 14.6 Å². The monoisotopic (exact) mass is 423 g/mol. The molecule has 1 aliphatic rings. The van der Waals surface area contributed by atoms with Crippen molar-refractivity contribution in [3.05, 3.63) is 65.2 Å². The molecule has 1 aliphatic heterocycles. The van der Waals surface area contributed by atoms with Gasteiger partial charge in [-0.25, -0.2) is 4.79 Å². The zero-order valence-electron chi connectivity index (χ0n) is 17.9. The van der Waals surface area contributed by atoms with Crippen LogP contribution in [0.5, 0.6) is 5.75 Å². The second-order valence-electron chi connectivity index (χ2n) is 7.45. The number of ether oxygens (including phenoxy) is 2. The van der Waals surface area contributed by atoms with Crippen molar-refractivity contribution in [2.75, 3.05) is 18.6 Å². The van der Waals surface area contributed by atoms with Gasteiger partial charge in [0.15, 0.2) is 0 Å². The molecule has 1 fully saturated rings. The van der Waals surface area contributed by atoms with Gasteiger partial charge in [-0.2, -0.15) is 0 Å². The third-order valence-electron chi connectivity index (χ3n) is 5.14. The van der Waals surface area contributed by atoms with Gasteiger partial charge in [0.1, 0.15) is 11.5 Å². The number of nitrogens with zero attached hydrogens (tertiary/aromatic N) is 1. The predicted molar refractivity (Wildman–Crippen MR) is 116 cm³/mol. The summed E-state index contributed by atoms with van der Waals surface area (Å²) in [7, 11) is 1.53. The van der Waals surface area contributed by atoms with E-state index in [1.807, 2.05) is 13.8 Å². The molecular formula is C24H25NO6. The standard InChI is InChI=1S/C24H25NO6/c1-5-31-24(29)16-6-10-17(11-7-16)25-20(14(2)3)19(22(27)23(25)28)21(26)15-8-12-18(30-4)13-9-15/h6-14,20,26H,5H2,1-4H3/b21-19+. The first-order valence-corrected chi connectivity index (χ1v) is 10.0. The molecule has 0 spiro atoms. The first-order valence-electron chi connectivity index (χ1n) is 10.0. The Labute approximate surface area is 180 Å². The Hall–Kier alpha value is -3.61. The summed E-state index contributed by atoms with van der Waals surface area (Å²) >= 11 is 0. The lowest BCUT2D eigenvalue weighted by Crippen LogP contribution is -2.37. The van der Waals surface area contributed by atoms with Gasteiger partial charge in [0.05, 0.1) is 30.9 Å². The van der Waals surface area contributed by atoms with Gasteiger partial charge >= 0.3 is 5.97 Å². The summed E-state index contributed by atoms with van der Waals surface area (Å²) in [6, 6.07) is 12.2. The van der Waals surface area contributed by atoms with Gasteiger partial charge in [-0.1, -0.05) is 13.8 Å². The number of ketones is 1. The van der Waals surface area contributed by atoms with Crippen LogP contribution in [0, 0.1) is 5.92 Å². The number of Topliss-reactive ketones (excluding diaryl/α,β-unsaturated/α-hetero) is 1. The number of anilines is 1. The molecule has 31 heavy (non-hydrogen) atoms. The van der Waals surface area contributed by atoms with Crippen molar-refractivity contribution in [1.82, 2.24) is 0 Å². The highest BCUT2D eigenvalue weighted by atomic mass is 16.5. The second kappa shape index (κ2) is 9.04. The average Bonchev–Trinajstić information content (AvgIpc) is 3.04. The molecule has 1 heterocycles. The number of hydrogen-bond acceptors (Lipinski definition) is 6. The van der Waals surface area contributed by atoms with E-state index < -0.39 is 23.7 Å². The maximum absolute atomic E-state index is 12.9. The van der Waals surface area contributed by atoms with Gasteiger partial charge in [0.25, 0.3) is 11.7 Å². The van der Waals surface area contributed by atoms with E-state index in [-0.39, 0.29) is 23.9 Å². The Bertz CT molecular complexity index is 1020. The molecule has 1 N–H and O–H groups in total. The number of hydrogen-bond donors (Lipinski definition) is 1. The van der Waals surface area contributed by atoms with Crippen molar-refractivity contribution in [3.63, 3.8) is 0 Å². The van der Waals surface area contributed by atoms with Crippen molar-refractivity contribution < 1.29 is 29.0 Å². The van der Waals surface area contributed by atoms with Crippen molar-refractivity contribution in [2.24, 2.45) is 5.92 Å². The SMILES string of the molecule is CCOC(=O)c1ccc(N2C(=O)C(=O)/C(=C(/O)c3ccc(OC)cc3)C2C(C)C)cc1. The zero-order valence-corrected chi connectivity index (χ0v) is 17.9. The highest BCUT2D eigenvalue weighted by Crippen LogP contribution is 2.36. The molecular weight excluding hydrogens is 398 g/mol. The van der Waals surface area contributed by atoms with E-state index in [2.05, 4.69) is 0 Å². The first kappa shape index (κ1) is 22.1. The number of amides is 1. The van der Waals surface area contributed by atoms with Gasteiger partial charge in [0.2, 0.25) is 0 Å². The highest BCUT2D eigenvalue weighted by Gasteiger charge is 2.47. The molecule has 1 unspecified atom stereocenters. The molecule has 7 heteroatoms. The Morgan fingerprint density at radius 1 is 1.03 bits per heavy atom. The average molecular weight is 423 g/mol. The zero-order chi connectivity index (χ0) is 22.7.